The van der Waals surface area contributed by atoms with Gasteiger partial charge in [0.1, 0.15) is 0 Å². The van der Waals surface area contributed by atoms with Gasteiger partial charge in [-0.05, 0) is 21.0 Å². The summed E-state index contributed by atoms with van der Waals surface area (Å²) in [4.78, 5) is 4.69. The molecule has 0 unspecified atom stereocenters. The topological polar surface area (TPSA) is 32.5 Å². The fourth-order valence-electron chi connectivity index (χ4n) is 1.61. The van der Waals surface area contributed by atoms with E-state index in [1.54, 1.807) is 0 Å². The molecule has 1 aliphatic heterocycles. The van der Waals surface area contributed by atoms with Gasteiger partial charge in [-0.3, -0.25) is 4.90 Å². The van der Waals surface area contributed by atoms with Crippen LogP contribution in [0, 0.1) is 0 Å². The van der Waals surface area contributed by atoms with Crippen LogP contribution in [0.2, 0.25) is 0 Å². The van der Waals surface area contributed by atoms with Crippen molar-refractivity contribution in [2.75, 3.05) is 33.7 Å². The standard InChI is InChI=1S/C8H19N3/c1-7(9)8-6-10(2)4-5-11(8)3/h7-8H,4-6,9H2,1-3H3/t7-,8-/m1/s1. The van der Waals surface area contributed by atoms with E-state index in [1.807, 2.05) is 0 Å². The molecular formula is C8H19N3. The second-order valence-corrected chi connectivity index (χ2v) is 3.67. The Bertz CT molecular complexity index is 125. The van der Waals surface area contributed by atoms with Gasteiger partial charge >= 0.3 is 0 Å². The molecule has 3 heteroatoms. The van der Waals surface area contributed by atoms with E-state index in [0.29, 0.717) is 6.04 Å². The van der Waals surface area contributed by atoms with Gasteiger partial charge in [-0.15, -0.1) is 0 Å². The van der Waals surface area contributed by atoms with Crippen LogP contribution in [0.15, 0.2) is 0 Å². The first-order valence-electron chi connectivity index (χ1n) is 4.25. The molecule has 2 atom stereocenters. The second kappa shape index (κ2) is 3.52. The van der Waals surface area contributed by atoms with Crippen molar-refractivity contribution in [3.8, 4) is 0 Å². The summed E-state index contributed by atoms with van der Waals surface area (Å²) in [6.45, 7) is 5.50. The highest BCUT2D eigenvalue weighted by Crippen LogP contribution is 2.07. The van der Waals surface area contributed by atoms with Crippen molar-refractivity contribution >= 4 is 0 Å². The van der Waals surface area contributed by atoms with Crippen molar-refractivity contribution in [3.63, 3.8) is 0 Å². The Morgan fingerprint density at radius 1 is 1.36 bits per heavy atom. The number of rotatable bonds is 1. The minimum Gasteiger partial charge on any atom is -0.326 e. The summed E-state index contributed by atoms with van der Waals surface area (Å²) >= 11 is 0. The number of hydrogen-bond acceptors (Lipinski definition) is 3. The van der Waals surface area contributed by atoms with E-state index in [9.17, 15) is 0 Å². The Morgan fingerprint density at radius 3 is 2.45 bits per heavy atom. The zero-order valence-electron chi connectivity index (χ0n) is 7.75. The lowest BCUT2D eigenvalue weighted by atomic mass is 10.1. The maximum absolute atomic E-state index is 5.85. The van der Waals surface area contributed by atoms with E-state index in [4.69, 9.17) is 5.73 Å². The Labute approximate surface area is 69.1 Å². The van der Waals surface area contributed by atoms with Gasteiger partial charge in [0.15, 0.2) is 0 Å². The first kappa shape index (κ1) is 8.97. The predicted molar refractivity (Wildman–Crippen MR) is 47.6 cm³/mol. The molecule has 2 N–H and O–H groups in total. The number of likely N-dealkylation sites (N-methyl/N-ethyl adjacent to an activating group) is 2. The minimum absolute atomic E-state index is 0.280. The lowest BCUT2D eigenvalue weighted by Gasteiger charge is -2.39. The van der Waals surface area contributed by atoms with Crippen LogP contribution in [-0.4, -0.2) is 55.6 Å². The number of piperazine rings is 1. The summed E-state index contributed by atoms with van der Waals surface area (Å²) in [5.74, 6) is 0. The molecule has 0 aliphatic carbocycles. The van der Waals surface area contributed by atoms with Gasteiger partial charge in [0, 0.05) is 31.7 Å². The first-order valence-corrected chi connectivity index (χ1v) is 4.25. The molecule has 1 rings (SSSR count). The van der Waals surface area contributed by atoms with E-state index >= 15 is 0 Å². The minimum atomic E-state index is 0.280. The zero-order chi connectivity index (χ0) is 8.43. The number of nitrogens with two attached hydrogens (primary N) is 1. The lowest BCUT2D eigenvalue weighted by molar-refractivity contribution is 0.101. The van der Waals surface area contributed by atoms with Gasteiger partial charge in [0.05, 0.1) is 0 Å². The van der Waals surface area contributed by atoms with E-state index in [-0.39, 0.29) is 6.04 Å². The fraction of sp³-hybridized carbons (Fsp3) is 1.00. The molecule has 3 nitrogen and oxygen atoms in total. The summed E-state index contributed by atoms with van der Waals surface area (Å²) in [5, 5.41) is 0. The molecule has 1 heterocycles. The van der Waals surface area contributed by atoms with Gasteiger partial charge < -0.3 is 10.6 Å². The predicted octanol–water partition coefficient (Wildman–Crippen LogP) is -0.421. The summed E-state index contributed by atoms with van der Waals surface area (Å²) in [6, 6.07) is 0.816. The Kier molecular flexibility index (Phi) is 2.87. The van der Waals surface area contributed by atoms with E-state index in [0.717, 1.165) is 13.1 Å². The third-order valence-electron chi connectivity index (χ3n) is 2.51. The van der Waals surface area contributed by atoms with E-state index in [2.05, 4.69) is 30.8 Å². The van der Waals surface area contributed by atoms with Crippen molar-refractivity contribution in [3.05, 3.63) is 0 Å². The average molecular weight is 157 g/mol. The summed E-state index contributed by atoms with van der Waals surface area (Å²) in [6.07, 6.45) is 0. The second-order valence-electron chi connectivity index (χ2n) is 3.67. The molecule has 1 aliphatic rings. The highest BCUT2D eigenvalue weighted by Gasteiger charge is 2.24. The lowest BCUT2D eigenvalue weighted by Crippen LogP contribution is -2.56. The van der Waals surface area contributed by atoms with E-state index < -0.39 is 0 Å². The van der Waals surface area contributed by atoms with Crippen LogP contribution < -0.4 is 5.73 Å². The molecule has 0 saturated carbocycles. The summed E-state index contributed by atoms with van der Waals surface area (Å²) < 4.78 is 0. The van der Waals surface area contributed by atoms with Gasteiger partial charge in [-0.2, -0.15) is 0 Å². The van der Waals surface area contributed by atoms with Gasteiger partial charge in [0.2, 0.25) is 0 Å². The first-order chi connectivity index (χ1) is 5.11. The molecule has 0 spiro atoms. The smallest absolute Gasteiger partial charge is 0.0369 e. The fourth-order valence-corrected chi connectivity index (χ4v) is 1.61. The van der Waals surface area contributed by atoms with Gasteiger partial charge in [-0.25, -0.2) is 0 Å². The van der Waals surface area contributed by atoms with Crippen LogP contribution in [0.25, 0.3) is 0 Å². The molecule has 1 saturated heterocycles. The van der Waals surface area contributed by atoms with Crippen LogP contribution >= 0.6 is 0 Å². The van der Waals surface area contributed by atoms with Crippen molar-refractivity contribution in [1.29, 1.82) is 0 Å². The van der Waals surface area contributed by atoms with Gasteiger partial charge in [-0.1, -0.05) is 0 Å². The molecular weight excluding hydrogens is 138 g/mol. The van der Waals surface area contributed by atoms with Crippen LogP contribution in [0.1, 0.15) is 6.92 Å². The number of nitrogens with zero attached hydrogens (tertiary/aromatic N) is 2. The molecule has 66 valence electrons. The summed E-state index contributed by atoms with van der Waals surface area (Å²) in [5.41, 5.74) is 5.85. The summed E-state index contributed by atoms with van der Waals surface area (Å²) in [7, 11) is 4.31. The number of hydrogen-bond donors (Lipinski definition) is 1. The van der Waals surface area contributed by atoms with Crippen molar-refractivity contribution < 1.29 is 0 Å². The zero-order valence-corrected chi connectivity index (χ0v) is 7.75. The largest absolute Gasteiger partial charge is 0.326 e. The molecule has 1 fully saturated rings. The third-order valence-corrected chi connectivity index (χ3v) is 2.51. The normalized spacial score (nSPS) is 32.2. The Balaban J connectivity index is 2.47. The maximum Gasteiger partial charge on any atom is 0.0369 e. The van der Waals surface area contributed by atoms with Crippen LogP contribution in [0.5, 0.6) is 0 Å². The highest BCUT2D eigenvalue weighted by molar-refractivity contribution is 4.84. The van der Waals surface area contributed by atoms with Crippen LogP contribution in [-0.2, 0) is 0 Å². The van der Waals surface area contributed by atoms with Crippen LogP contribution in [0.4, 0.5) is 0 Å². The van der Waals surface area contributed by atoms with E-state index in [1.165, 1.54) is 6.54 Å². The monoisotopic (exact) mass is 157 g/mol. The SMILES string of the molecule is C[C@@H](N)[C@H]1CN(C)CCN1C. The molecule has 0 amide bonds. The quantitative estimate of drug-likeness (QED) is 0.561. The molecule has 0 aromatic rings. The Hall–Kier alpha value is -0.120. The average Bonchev–Trinajstić information content (AvgIpc) is 1.94. The maximum atomic E-state index is 5.85. The third kappa shape index (κ3) is 2.15. The molecule has 0 radical (unpaired) electrons. The molecule has 0 aromatic heterocycles. The molecule has 0 bridgehead atoms. The van der Waals surface area contributed by atoms with Crippen molar-refractivity contribution in [2.45, 2.75) is 19.0 Å². The highest BCUT2D eigenvalue weighted by atomic mass is 15.3. The van der Waals surface area contributed by atoms with Crippen molar-refractivity contribution in [2.24, 2.45) is 5.73 Å². The molecule has 0 aromatic carbocycles. The van der Waals surface area contributed by atoms with Crippen LogP contribution in [0.3, 0.4) is 0 Å². The molecule has 11 heavy (non-hydrogen) atoms. The van der Waals surface area contributed by atoms with Gasteiger partial charge in [0.25, 0.3) is 0 Å². The van der Waals surface area contributed by atoms with Crippen molar-refractivity contribution in [1.82, 2.24) is 9.80 Å². The Morgan fingerprint density at radius 2 is 2.00 bits per heavy atom.